The summed E-state index contributed by atoms with van der Waals surface area (Å²) >= 11 is 0. The van der Waals surface area contributed by atoms with Gasteiger partial charge in [-0.2, -0.15) is 0 Å². The van der Waals surface area contributed by atoms with E-state index in [-0.39, 0.29) is 5.91 Å². The van der Waals surface area contributed by atoms with Gasteiger partial charge >= 0.3 is 5.97 Å². The SMILES string of the molecule is CC1CCCC(CCNC(=O)[C@@H]2CC[C@H](C(=O)O)O2)C1. The normalized spacial score (nSPS) is 33.9. The highest BCUT2D eigenvalue weighted by molar-refractivity contribution is 5.82. The van der Waals surface area contributed by atoms with Crippen molar-refractivity contribution in [2.45, 2.75) is 64.1 Å². The van der Waals surface area contributed by atoms with Gasteiger partial charge in [-0.05, 0) is 37.5 Å². The lowest BCUT2D eigenvalue weighted by molar-refractivity contribution is -0.151. The Hall–Kier alpha value is -1.10. The summed E-state index contributed by atoms with van der Waals surface area (Å²) in [6.07, 6.45) is 5.70. The predicted molar refractivity (Wildman–Crippen MR) is 74.3 cm³/mol. The van der Waals surface area contributed by atoms with Crippen molar-refractivity contribution in [2.75, 3.05) is 6.54 Å². The first-order chi connectivity index (χ1) is 9.56. The molecule has 1 aliphatic heterocycles. The fourth-order valence-electron chi connectivity index (χ4n) is 3.35. The number of ether oxygens (including phenoxy) is 1. The smallest absolute Gasteiger partial charge is 0.332 e. The van der Waals surface area contributed by atoms with Crippen molar-refractivity contribution in [3.63, 3.8) is 0 Å². The number of aliphatic carboxylic acids is 1. The number of hydrogen-bond donors (Lipinski definition) is 2. The maximum atomic E-state index is 11.9. The number of carboxylic acids is 1. The van der Waals surface area contributed by atoms with Gasteiger partial charge in [0.05, 0.1) is 0 Å². The highest BCUT2D eigenvalue weighted by atomic mass is 16.5. The van der Waals surface area contributed by atoms with E-state index in [2.05, 4.69) is 12.2 Å². The van der Waals surface area contributed by atoms with Crippen molar-refractivity contribution in [2.24, 2.45) is 11.8 Å². The molecule has 1 saturated heterocycles. The third-order valence-corrected chi connectivity index (χ3v) is 4.48. The van der Waals surface area contributed by atoms with Crippen LogP contribution in [0, 0.1) is 11.8 Å². The second kappa shape index (κ2) is 7.07. The summed E-state index contributed by atoms with van der Waals surface area (Å²) in [7, 11) is 0. The van der Waals surface area contributed by atoms with Crippen molar-refractivity contribution >= 4 is 11.9 Å². The zero-order valence-electron chi connectivity index (χ0n) is 12.1. The number of hydrogen-bond acceptors (Lipinski definition) is 3. The molecule has 114 valence electrons. The van der Waals surface area contributed by atoms with Crippen LogP contribution in [0.4, 0.5) is 0 Å². The van der Waals surface area contributed by atoms with Crippen LogP contribution in [0.3, 0.4) is 0 Å². The minimum Gasteiger partial charge on any atom is -0.479 e. The summed E-state index contributed by atoms with van der Waals surface area (Å²) in [5.74, 6) is 0.392. The van der Waals surface area contributed by atoms with Gasteiger partial charge in [0.25, 0.3) is 0 Å². The van der Waals surface area contributed by atoms with E-state index >= 15 is 0 Å². The molecule has 0 aromatic heterocycles. The third kappa shape index (κ3) is 4.20. The van der Waals surface area contributed by atoms with Crippen LogP contribution in [-0.2, 0) is 14.3 Å². The maximum Gasteiger partial charge on any atom is 0.332 e. The number of carboxylic acid groups (broad SMARTS) is 1. The van der Waals surface area contributed by atoms with Crippen molar-refractivity contribution in [3.05, 3.63) is 0 Å². The van der Waals surface area contributed by atoms with Gasteiger partial charge in [-0.3, -0.25) is 4.79 Å². The average molecular weight is 283 g/mol. The van der Waals surface area contributed by atoms with Gasteiger partial charge in [0.1, 0.15) is 6.10 Å². The van der Waals surface area contributed by atoms with E-state index in [0.29, 0.717) is 19.4 Å². The largest absolute Gasteiger partial charge is 0.479 e. The minimum atomic E-state index is -0.975. The molecule has 0 aromatic carbocycles. The Balaban J connectivity index is 1.64. The highest BCUT2D eigenvalue weighted by Crippen LogP contribution is 2.30. The quantitative estimate of drug-likeness (QED) is 0.808. The Kier molecular flexibility index (Phi) is 5.40. The van der Waals surface area contributed by atoms with Crippen LogP contribution in [-0.4, -0.2) is 35.7 Å². The molecule has 0 spiro atoms. The first-order valence-electron chi connectivity index (χ1n) is 7.72. The van der Waals surface area contributed by atoms with E-state index in [4.69, 9.17) is 9.84 Å². The molecule has 20 heavy (non-hydrogen) atoms. The maximum absolute atomic E-state index is 11.9. The molecule has 5 heteroatoms. The molecule has 1 heterocycles. The van der Waals surface area contributed by atoms with E-state index in [1.54, 1.807) is 0 Å². The molecular formula is C15H25NO4. The zero-order chi connectivity index (χ0) is 14.5. The van der Waals surface area contributed by atoms with Gasteiger partial charge in [0, 0.05) is 6.54 Å². The fraction of sp³-hybridized carbons (Fsp3) is 0.867. The summed E-state index contributed by atoms with van der Waals surface area (Å²) in [6, 6.07) is 0. The van der Waals surface area contributed by atoms with Crippen LogP contribution >= 0.6 is 0 Å². The lowest BCUT2D eigenvalue weighted by atomic mass is 9.81. The van der Waals surface area contributed by atoms with Crippen molar-refractivity contribution in [3.8, 4) is 0 Å². The van der Waals surface area contributed by atoms with E-state index in [9.17, 15) is 9.59 Å². The Morgan fingerprint density at radius 2 is 1.95 bits per heavy atom. The lowest BCUT2D eigenvalue weighted by Gasteiger charge is -2.26. The molecule has 5 nitrogen and oxygen atoms in total. The van der Waals surface area contributed by atoms with Gasteiger partial charge < -0.3 is 15.2 Å². The fourth-order valence-corrected chi connectivity index (χ4v) is 3.35. The molecule has 2 aliphatic rings. The summed E-state index contributed by atoms with van der Waals surface area (Å²) in [5.41, 5.74) is 0. The van der Waals surface area contributed by atoms with Crippen LogP contribution < -0.4 is 5.32 Å². The lowest BCUT2D eigenvalue weighted by Crippen LogP contribution is -2.36. The summed E-state index contributed by atoms with van der Waals surface area (Å²) in [4.78, 5) is 22.7. The predicted octanol–water partition coefficient (Wildman–Crippen LogP) is 1.95. The van der Waals surface area contributed by atoms with Gasteiger partial charge in [-0.15, -0.1) is 0 Å². The molecule has 4 atom stereocenters. The third-order valence-electron chi connectivity index (χ3n) is 4.48. The van der Waals surface area contributed by atoms with Gasteiger partial charge in [-0.1, -0.05) is 26.2 Å². The Morgan fingerprint density at radius 3 is 2.60 bits per heavy atom. The second-order valence-corrected chi connectivity index (χ2v) is 6.25. The standard InChI is InChI=1S/C15H25NO4/c1-10-3-2-4-11(9-10)7-8-16-14(17)12-5-6-13(20-12)15(18)19/h10-13H,2-9H2,1H3,(H,16,17)(H,18,19)/t10?,11?,12-,13+/m0/s1. The van der Waals surface area contributed by atoms with E-state index in [0.717, 1.165) is 18.3 Å². The Labute approximate surface area is 120 Å². The first kappa shape index (κ1) is 15.3. The van der Waals surface area contributed by atoms with Crippen LogP contribution in [0.25, 0.3) is 0 Å². The molecule has 2 N–H and O–H groups in total. The molecular weight excluding hydrogens is 258 g/mol. The van der Waals surface area contributed by atoms with Gasteiger partial charge in [-0.25, -0.2) is 4.79 Å². The molecule has 2 rings (SSSR count). The first-order valence-corrected chi connectivity index (χ1v) is 7.72. The Morgan fingerprint density at radius 1 is 1.20 bits per heavy atom. The van der Waals surface area contributed by atoms with Crippen molar-refractivity contribution in [1.82, 2.24) is 5.32 Å². The van der Waals surface area contributed by atoms with E-state index in [1.165, 1.54) is 25.7 Å². The minimum absolute atomic E-state index is 0.155. The number of carbonyl (C=O) groups is 2. The molecule has 0 aromatic rings. The topological polar surface area (TPSA) is 75.6 Å². The number of amides is 1. The number of nitrogens with one attached hydrogen (secondary N) is 1. The number of carbonyl (C=O) groups excluding carboxylic acids is 1. The van der Waals surface area contributed by atoms with Crippen LogP contribution in [0.2, 0.25) is 0 Å². The summed E-state index contributed by atoms with van der Waals surface area (Å²) in [6.45, 7) is 2.97. The zero-order valence-corrected chi connectivity index (χ0v) is 12.1. The van der Waals surface area contributed by atoms with E-state index < -0.39 is 18.2 Å². The van der Waals surface area contributed by atoms with E-state index in [1.807, 2.05) is 0 Å². The average Bonchev–Trinajstić information content (AvgIpc) is 2.88. The van der Waals surface area contributed by atoms with Crippen LogP contribution in [0.5, 0.6) is 0 Å². The molecule has 0 radical (unpaired) electrons. The molecule has 1 amide bonds. The molecule has 2 fully saturated rings. The van der Waals surface area contributed by atoms with Crippen LogP contribution in [0.15, 0.2) is 0 Å². The summed E-state index contributed by atoms with van der Waals surface area (Å²) < 4.78 is 5.23. The van der Waals surface area contributed by atoms with Crippen molar-refractivity contribution < 1.29 is 19.4 Å². The van der Waals surface area contributed by atoms with Gasteiger partial charge in [0.2, 0.25) is 5.91 Å². The van der Waals surface area contributed by atoms with Crippen molar-refractivity contribution in [1.29, 1.82) is 0 Å². The molecule has 2 unspecified atom stereocenters. The number of rotatable bonds is 5. The molecule has 0 bridgehead atoms. The highest BCUT2D eigenvalue weighted by Gasteiger charge is 2.34. The monoisotopic (exact) mass is 283 g/mol. The van der Waals surface area contributed by atoms with Crippen LogP contribution in [0.1, 0.15) is 51.9 Å². The van der Waals surface area contributed by atoms with Gasteiger partial charge in [0.15, 0.2) is 6.10 Å². The molecule has 1 aliphatic carbocycles. The summed E-state index contributed by atoms with van der Waals surface area (Å²) in [5, 5.41) is 11.7. The Bertz CT molecular complexity index is 358. The molecule has 1 saturated carbocycles. The second-order valence-electron chi connectivity index (χ2n) is 6.25.